The van der Waals surface area contributed by atoms with Gasteiger partial charge in [0.2, 0.25) is 0 Å². The minimum atomic E-state index is 1.03. The molecule has 0 heterocycles. The van der Waals surface area contributed by atoms with Gasteiger partial charge in [-0.3, -0.25) is 0 Å². The van der Waals surface area contributed by atoms with E-state index < -0.39 is 0 Å². The lowest BCUT2D eigenvalue weighted by Gasteiger charge is -2.06. The van der Waals surface area contributed by atoms with Crippen LogP contribution in [0.2, 0.25) is 0 Å². The molecule has 0 amide bonds. The topological polar surface area (TPSA) is 0 Å². The van der Waals surface area contributed by atoms with E-state index in [2.05, 4.69) is 37.6 Å². The first-order valence-corrected chi connectivity index (χ1v) is 7.26. The Kier molecular flexibility index (Phi) is 5.49. The highest BCUT2D eigenvalue weighted by molar-refractivity contribution is 7.99. The van der Waals surface area contributed by atoms with Crippen LogP contribution in [-0.2, 0) is 6.42 Å². The van der Waals surface area contributed by atoms with E-state index in [0.29, 0.717) is 0 Å². The van der Waals surface area contributed by atoms with E-state index in [9.17, 15) is 0 Å². The largest absolute Gasteiger partial charge is 0.130 e. The fourth-order valence-corrected chi connectivity index (χ4v) is 2.44. The molecule has 0 fully saturated rings. The maximum absolute atomic E-state index is 3.88. The van der Waals surface area contributed by atoms with Crippen LogP contribution in [0, 0.1) is 6.92 Å². The number of hydrogen-bond acceptors (Lipinski definition) is 2. The molecule has 0 aliphatic carbocycles. The van der Waals surface area contributed by atoms with Crippen molar-refractivity contribution in [1.82, 2.24) is 0 Å². The van der Waals surface area contributed by atoms with Crippen molar-refractivity contribution in [2.24, 2.45) is 0 Å². The summed E-state index contributed by atoms with van der Waals surface area (Å²) in [5, 5.41) is 0. The van der Waals surface area contributed by atoms with E-state index in [0.717, 1.165) is 12.8 Å². The molecule has 0 saturated carbocycles. The molecule has 1 aromatic carbocycles. The van der Waals surface area contributed by atoms with Crippen molar-refractivity contribution in [3.05, 3.63) is 30.7 Å². The van der Waals surface area contributed by atoms with Crippen molar-refractivity contribution < 1.29 is 0 Å². The number of thioether (sulfide) groups is 2. The molecule has 0 aliphatic heterocycles. The van der Waals surface area contributed by atoms with Crippen LogP contribution in [0.25, 0.3) is 0 Å². The molecule has 0 spiro atoms. The summed E-state index contributed by atoms with van der Waals surface area (Å²) in [5.74, 6) is 0. The number of benzene rings is 1. The van der Waals surface area contributed by atoms with Gasteiger partial charge in [0.25, 0.3) is 0 Å². The van der Waals surface area contributed by atoms with Gasteiger partial charge in [-0.05, 0) is 49.1 Å². The summed E-state index contributed by atoms with van der Waals surface area (Å²) in [5.41, 5.74) is 1.45. The van der Waals surface area contributed by atoms with Crippen LogP contribution in [0.5, 0.6) is 0 Å². The van der Waals surface area contributed by atoms with Crippen molar-refractivity contribution in [1.29, 1.82) is 0 Å². The van der Waals surface area contributed by atoms with E-state index in [1.807, 2.05) is 23.5 Å². The van der Waals surface area contributed by atoms with Gasteiger partial charge < -0.3 is 0 Å². The highest BCUT2D eigenvalue weighted by Gasteiger charge is 1.99. The van der Waals surface area contributed by atoms with Crippen LogP contribution in [-0.4, -0.2) is 12.5 Å². The average molecular weight is 225 g/mol. The molecule has 0 aliphatic rings. The smallest absolute Gasteiger partial charge is 0.00830 e. The second-order valence-electron chi connectivity index (χ2n) is 3.18. The van der Waals surface area contributed by atoms with Gasteiger partial charge in [-0.2, -0.15) is 0 Å². The van der Waals surface area contributed by atoms with Crippen molar-refractivity contribution in [3.63, 3.8) is 0 Å². The molecule has 0 atom stereocenters. The Morgan fingerprint density at radius 2 is 1.64 bits per heavy atom. The molecular weight excluding hydrogens is 208 g/mol. The molecule has 1 rings (SSSR count). The Balaban J connectivity index is 2.81. The standard InChI is InChI=1S/C12H17S2/c1-4-5-6-10-7-11(13-2)9-12(8-10)14-3/h7-9H,1,4-6H2,2-3H3. The predicted octanol–water partition coefficient (Wildman–Crippen LogP) is 4.29. The Morgan fingerprint density at radius 1 is 1.07 bits per heavy atom. The van der Waals surface area contributed by atoms with E-state index in [1.165, 1.54) is 21.8 Å². The first-order valence-electron chi connectivity index (χ1n) is 4.81. The zero-order valence-electron chi connectivity index (χ0n) is 8.88. The maximum Gasteiger partial charge on any atom is 0.00830 e. The highest BCUT2D eigenvalue weighted by atomic mass is 32.2. The third-order valence-corrected chi connectivity index (χ3v) is 3.54. The molecule has 0 N–H and O–H groups in total. The van der Waals surface area contributed by atoms with E-state index in [4.69, 9.17) is 0 Å². The zero-order chi connectivity index (χ0) is 10.4. The Morgan fingerprint density at radius 3 is 2.07 bits per heavy atom. The quantitative estimate of drug-likeness (QED) is 0.686. The summed E-state index contributed by atoms with van der Waals surface area (Å²) in [7, 11) is 0. The number of unbranched alkanes of at least 4 members (excludes halogenated alkanes) is 1. The van der Waals surface area contributed by atoms with Gasteiger partial charge in [0, 0.05) is 9.79 Å². The van der Waals surface area contributed by atoms with Crippen LogP contribution < -0.4 is 0 Å². The summed E-state index contributed by atoms with van der Waals surface area (Å²) < 4.78 is 0. The number of rotatable bonds is 5. The van der Waals surface area contributed by atoms with Crippen LogP contribution >= 0.6 is 23.5 Å². The normalized spacial score (nSPS) is 10.5. The van der Waals surface area contributed by atoms with Crippen LogP contribution in [0.4, 0.5) is 0 Å². The highest BCUT2D eigenvalue weighted by Crippen LogP contribution is 2.25. The Hall–Kier alpha value is -0.0800. The first-order chi connectivity index (χ1) is 6.80. The van der Waals surface area contributed by atoms with Gasteiger partial charge in [0.1, 0.15) is 0 Å². The van der Waals surface area contributed by atoms with E-state index >= 15 is 0 Å². The van der Waals surface area contributed by atoms with Crippen molar-refractivity contribution >= 4 is 23.5 Å². The summed E-state index contributed by atoms with van der Waals surface area (Å²) in [4.78, 5) is 2.74. The van der Waals surface area contributed by atoms with E-state index in [1.54, 1.807) is 0 Å². The van der Waals surface area contributed by atoms with Gasteiger partial charge >= 0.3 is 0 Å². The van der Waals surface area contributed by atoms with Crippen molar-refractivity contribution in [2.75, 3.05) is 12.5 Å². The van der Waals surface area contributed by atoms with Crippen LogP contribution in [0.3, 0.4) is 0 Å². The fraction of sp³-hybridized carbons (Fsp3) is 0.417. The maximum atomic E-state index is 3.88. The second-order valence-corrected chi connectivity index (χ2v) is 4.94. The third kappa shape index (κ3) is 3.58. The summed E-state index contributed by atoms with van der Waals surface area (Å²) in [6.07, 6.45) is 7.63. The lowest BCUT2D eigenvalue weighted by Crippen LogP contribution is -1.86. The molecule has 1 aromatic rings. The van der Waals surface area contributed by atoms with Crippen molar-refractivity contribution in [3.8, 4) is 0 Å². The van der Waals surface area contributed by atoms with Crippen molar-refractivity contribution in [2.45, 2.75) is 29.1 Å². The Bertz CT molecular complexity index is 259. The second kappa shape index (κ2) is 6.41. The number of aryl methyl sites for hydroxylation is 1. The first kappa shape index (κ1) is 12.0. The summed E-state index contributed by atoms with van der Waals surface area (Å²) >= 11 is 3.63. The molecule has 0 saturated heterocycles. The van der Waals surface area contributed by atoms with Gasteiger partial charge in [0.15, 0.2) is 0 Å². The minimum Gasteiger partial charge on any atom is -0.130 e. The molecule has 1 radical (unpaired) electrons. The van der Waals surface area contributed by atoms with E-state index in [-0.39, 0.29) is 0 Å². The number of hydrogen-bond donors (Lipinski definition) is 0. The minimum absolute atomic E-state index is 1.03. The van der Waals surface area contributed by atoms with Gasteiger partial charge in [-0.1, -0.05) is 13.3 Å². The molecule has 0 unspecified atom stereocenters. The fourth-order valence-electron chi connectivity index (χ4n) is 1.34. The molecule has 2 heteroatoms. The van der Waals surface area contributed by atoms with Gasteiger partial charge in [0.05, 0.1) is 0 Å². The average Bonchev–Trinajstić information content (AvgIpc) is 2.25. The molecule has 0 nitrogen and oxygen atoms in total. The van der Waals surface area contributed by atoms with Crippen LogP contribution in [0.1, 0.15) is 18.4 Å². The van der Waals surface area contributed by atoms with Crippen LogP contribution in [0.15, 0.2) is 28.0 Å². The third-order valence-electron chi connectivity index (χ3n) is 2.13. The summed E-state index contributed by atoms with van der Waals surface area (Å²) in [6.45, 7) is 3.88. The predicted molar refractivity (Wildman–Crippen MR) is 68.3 cm³/mol. The zero-order valence-corrected chi connectivity index (χ0v) is 10.5. The molecule has 14 heavy (non-hydrogen) atoms. The monoisotopic (exact) mass is 225 g/mol. The lowest BCUT2D eigenvalue weighted by molar-refractivity contribution is 0.836. The van der Waals surface area contributed by atoms with Gasteiger partial charge in [-0.15, -0.1) is 23.5 Å². The molecular formula is C12H17S2. The molecule has 0 bridgehead atoms. The van der Waals surface area contributed by atoms with Gasteiger partial charge in [-0.25, -0.2) is 0 Å². The lowest BCUT2D eigenvalue weighted by atomic mass is 10.1. The summed E-state index contributed by atoms with van der Waals surface area (Å²) in [6, 6.07) is 6.84. The Labute approximate surface area is 95.9 Å². The molecule has 77 valence electrons. The SMILES string of the molecule is [CH2]CCCc1cc(SC)cc(SC)c1. The molecule has 0 aromatic heterocycles.